The van der Waals surface area contributed by atoms with Crippen LogP contribution in [0.3, 0.4) is 0 Å². The van der Waals surface area contributed by atoms with Gasteiger partial charge in [0.25, 0.3) is 0 Å². The third-order valence-corrected chi connectivity index (χ3v) is 2.16. The standard InChI is InChI=1S/C12H17N3OS/c1-3-13-12(17)15-14-9-10-7-5-6-8-11(10)16-4-2/h5-9H,3-4H2,1-2H3,(H2,13,15,17)/b14-9+. The van der Waals surface area contributed by atoms with Crippen molar-refractivity contribution < 1.29 is 4.74 Å². The van der Waals surface area contributed by atoms with Gasteiger partial charge < -0.3 is 10.1 Å². The number of rotatable bonds is 5. The minimum absolute atomic E-state index is 0.512. The SMILES string of the molecule is CCNC(=S)N/N=C/c1ccccc1OCC. The molecule has 0 aromatic heterocycles. The van der Waals surface area contributed by atoms with Gasteiger partial charge >= 0.3 is 0 Å². The van der Waals surface area contributed by atoms with E-state index in [1.807, 2.05) is 38.1 Å². The zero-order valence-corrected chi connectivity index (χ0v) is 10.9. The number of nitrogens with one attached hydrogen (secondary N) is 2. The van der Waals surface area contributed by atoms with Gasteiger partial charge in [-0.2, -0.15) is 5.10 Å². The van der Waals surface area contributed by atoms with Crippen molar-refractivity contribution in [2.24, 2.45) is 5.10 Å². The summed E-state index contributed by atoms with van der Waals surface area (Å²) in [6.07, 6.45) is 1.69. The van der Waals surface area contributed by atoms with E-state index in [1.54, 1.807) is 6.21 Å². The maximum atomic E-state index is 5.47. The second kappa shape index (κ2) is 7.62. The number of thiocarbonyl (C=S) groups is 1. The van der Waals surface area contributed by atoms with E-state index in [4.69, 9.17) is 17.0 Å². The summed E-state index contributed by atoms with van der Waals surface area (Å²) in [5.41, 5.74) is 3.65. The summed E-state index contributed by atoms with van der Waals surface area (Å²) in [4.78, 5) is 0. The van der Waals surface area contributed by atoms with E-state index in [2.05, 4.69) is 15.8 Å². The van der Waals surface area contributed by atoms with Crippen molar-refractivity contribution in [3.8, 4) is 5.75 Å². The Morgan fingerprint density at radius 1 is 1.41 bits per heavy atom. The molecule has 5 heteroatoms. The molecule has 0 atom stereocenters. The first-order valence-electron chi connectivity index (χ1n) is 5.56. The van der Waals surface area contributed by atoms with Gasteiger partial charge in [0.1, 0.15) is 5.75 Å². The van der Waals surface area contributed by atoms with Crippen molar-refractivity contribution >= 4 is 23.5 Å². The van der Waals surface area contributed by atoms with Gasteiger partial charge in [-0.1, -0.05) is 12.1 Å². The van der Waals surface area contributed by atoms with Crippen molar-refractivity contribution in [2.75, 3.05) is 13.2 Å². The normalized spacial score (nSPS) is 10.2. The third kappa shape index (κ3) is 4.82. The zero-order valence-electron chi connectivity index (χ0n) is 10.1. The van der Waals surface area contributed by atoms with Crippen LogP contribution in [-0.2, 0) is 0 Å². The largest absolute Gasteiger partial charge is 0.493 e. The topological polar surface area (TPSA) is 45.7 Å². The van der Waals surface area contributed by atoms with Crippen LogP contribution in [0.2, 0.25) is 0 Å². The molecule has 1 aromatic carbocycles. The van der Waals surface area contributed by atoms with Crippen LogP contribution >= 0.6 is 12.2 Å². The first-order chi connectivity index (χ1) is 8.27. The summed E-state index contributed by atoms with van der Waals surface area (Å²) >= 11 is 4.99. The third-order valence-electron chi connectivity index (χ3n) is 1.93. The molecule has 0 unspecified atom stereocenters. The predicted molar refractivity (Wildman–Crippen MR) is 74.6 cm³/mol. The maximum Gasteiger partial charge on any atom is 0.186 e. The van der Waals surface area contributed by atoms with E-state index in [9.17, 15) is 0 Å². The van der Waals surface area contributed by atoms with Crippen LogP contribution in [0.25, 0.3) is 0 Å². The molecule has 0 fully saturated rings. The van der Waals surface area contributed by atoms with Crippen molar-refractivity contribution in [2.45, 2.75) is 13.8 Å². The van der Waals surface area contributed by atoms with Crippen LogP contribution < -0.4 is 15.5 Å². The lowest BCUT2D eigenvalue weighted by atomic mass is 10.2. The van der Waals surface area contributed by atoms with E-state index in [-0.39, 0.29) is 0 Å². The Hall–Kier alpha value is -1.62. The summed E-state index contributed by atoms with van der Waals surface area (Å²) < 4.78 is 5.47. The predicted octanol–water partition coefficient (Wildman–Crippen LogP) is 1.90. The van der Waals surface area contributed by atoms with Crippen molar-refractivity contribution in [1.82, 2.24) is 10.7 Å². The van der Waals surface area contributed by atoms with Crippen LogP contribution in [-0.4, -0.2) is 24.5 Å². The lowest BCUT2D eigenvalue weighted by molar-refractivity contribution is 0.340. The molecule has 92 valence electrons. The maximum absolute atomic E-state index is 5.47. The second-order valence-electron chi connectivity index (χ2n) is 3.20. The van der Waals surface area contributed by atoms with E-state index >= 15 is 0 Å². The Kier molecular flexibility index (Phi) is 6.03. The van der Waals surface area contributed by atoms with Gasteiger partial charge in [-0.15, -0.1) is 0 Å². The first kappa shape index (κ1) is 13.4. The molecule has 0 aliphatic heterocycles. The number of para-hydroxylation sites is 1. The van der Waals surface area contributed by atoms with Crippen LogP contribution in [0.5, 0.6) is 5.75 Å². The van der Waals surface area contributed by atoms with E-state index in [0.717, 1.165) is 17.9 Å². The van der Waals surface area contributed by atoms with Gasteiger partial charge in [-0.25, -0.2) is 0 Å². The molecular weight excluding hydrogens is 234 g/mol. The van der Waals surface area contributed by atoms with Gasteiger partial charge in [0.2, 0.25) is 0 Å². The smallest absolute Gasteiger partial charge is 0.186 e. The Morgan fingerprint density at radius 2 is 2.18 bits per heavy atom. The number of hydrazone groups is 1. The molecule has 2 N–H and O–H groups in total. The van der Waals surface area contributed by atoms with Crippen molar-refractivity contribution in [3.05, 3.63) is 29.8 Å². The fraction of sp³-hybridized carbons (Fsp3) is 0.333. The monoisotopic (exact) mass is 251 g/mol. The van der Waals surface area contributed by atoms with E-state index in [0.29, 0.717) is 11.7 Å². The van der Waals surface area contributed by atoms with Crippen LogP contribution in [0.4, 0.5) is 0 Å². The number of hydrogen-bond acceptors (Lipinski definition) is 3. The number of nitrogens with zero attached hydrogens (tertiary/aromatic N) is 1. The minimum atomic E-state index is 0.512. The number of hydrogen-bond donors (Lipinski definition) is 2. The Labute approximate surface area is 107 Å². The lowest BCUT2D eigenvalue weighted by Gasteiger charge is -2.06. The summed E-state index contributed by atoms with van der Waals surface area (Å²) in [7, 11) is 0. The van der Waals surface area contributed by atoms with Crippen molar-refractivity contribution in [1.29, 1.82) is 0 Å². The zero-order chi connectivity index (χ0) is 12.5. The summed E-state index contributed by atoms with van der Waals surface area (Å²) in [5, 5.41) is 7.50. The molecule has 0 spiro atoms. The van der Waals surface area contributed by atoms with E-state index in [1.165, 1.54) is 0 Å². The average molecular weight is 251 g/mol. The van der Waals surface area contributed by atoms with Gasteiger partial charge in [0.05, 0.1) is 12.8 Å². The van der Waals surface area contributed by atoms with Gasteiger partial charge in [-0.3, -0.25) is 5.43 Å². The molecule has 0 aliphatic rings. The first-order valence-corrected chi connectivity index (χ1v) is 5.97. The summed E-state index contributed by atoms with van der Waals surface area (Å²) in [5.74, 6) is 0.815. The Bertz CT molecular complexity index is 393. The molecule has 0 saturated carbocycles. The van der Waals surface area contributed by atoms with Crippen LogP contribution in [0.15, 0.2) is 29.4 Å². The molecule has 4 nitrogen and oxygen atoms in total. The fourth-order valence-electron chi connectivity index (χ4n) is 1.23. The highest BCUT2D eigenvalue weighted by Crippen LogP contribution is 2.15. The summed E-state index contributed by atoms with van der Waals surface area (Å²) in [6, 6.07) is 7.71. The van der Waals surface area contributed by atoms with Gasteiger partial charge in [-0.05, 0) is 38.2 Å². The molecule has 0 radical (unpaired) electrons. The molecule has 1 aromatic rings. The van der Waals surface area contributed by atoms with Crippen LogP contribution in [0.1, 0.15) is 19.4 Å². The molecule has 0 bridgehead atoms. The van der Waals surface area contributed by atoms with Gasteiger partial charge in [0.15, 0.2) is 5.11 Å². The molecule has 0 heterocycles. The van der Waals surface area contributed by atoms with E-state index < -0.39 is 0 Å². The summed E-state index contributed by atoms with van der Waals surface area (Å²) in [6.45, 7) is 5.33. The highest BCUT2D eigenvalue weighted by molar-refractivity contribution is 7.80. The molecule has 0 amide bonds. The van der Waals surface area contributed by atoms with Crippen LogP contribution in [0, 0.1) is 0 Å². The molecule has 17 heavy (non-hydrogen) atoms. The van der Waals surface area contributed by atoms with Crippen molar-refractivity contribution in [3.63, 3.8) is 0 Å². The van der Waals surface area contributed by atoms with Gasteiger partial charge in [0, 0.05) is 12.1 Å². The lowest BCUT2D eigenvalue weighted by Crippen LogP contribution is -2.31. The molecular formula is C12H17N3OS. The Morgan fingerprint density at radius 3 is 2.88 bits per heavy atom. The Balaban J connectivity index is 2.61. The number of benzene rings is 1. The highest BCUT2D eigenvalue weighted by atomic mass is 32.1. The molecule has 1 rings (SSSR count). The minimum Gasteiger partial charge on any atom is -0.493 e. The second-order valence-corrected chi connectivity index (χ2v) is 3.61. The quantitative estimate of drug-likeness (QED) is 0.477. The number of ether oxygens (including phenoxy) is 1. The fourth-order valence-corrected chi connectivity index (χ4v) is 1.43. The molecule has 0 saturated heterocycles. The highest BCUT2D eigenvalue weighted by Gasteiger charge is 1.98. The molecule has 0 aliphatic carbocycles. The average Bonchev–Trinajstić information content (AvgIpc) is 2.32.